The number of unbranched alkanes of at least 4 members (excludes halogenated alkanes) is 2. The Balaban J connectivity index is 1.85. The number of hydrogen-bond acceptors (Lipinski definition) is 1. The first kappa shape index (κ1) is 12.3. The molecule has 0 aliphatic carbocycles. The Bertz CT molecular complexity index is 507. The van der Waals surface area contributed by atoms with E-state index in [-0.39, 0.29) is 0 Å². The lowest BCUT2D eigenvalue weighted by atomic mass is 10.2. The normalized spacial score (nSPS) is 13.0. The van der Waals surface area contributed by atoms with E-state index in [4.69, 9.17) is 4.55 Å². The van der Waals surface area contributed by atoms with E-state index in [1.54, 1.807) is 0 Å². The van der Waals surface area contributed by atoms with Crippen molar-refractivity contribution in [1.29, 1.82) is 0 Å². The van der Waals surface area contributed by atoms with Crippen LogP contribution in [0, 0.1) is 0 Å². The molecule has 2 rings (SSSR count). The number of rotatable bonds is 6. The molecule has 1 N–H and O–H groups in total. The standard InChI is InChI=1S/C13H17NO2S/c15-17(16)11-5-1-4-9-14-10-8-12-6-2-3-7-13(12)14/h2-3,6-8,10H,1,4-5,9,11H2,(H,15,16). The van der Waals surface area contributed by atoms with E-state index in [0.29, 0.717) is 5.75 Å². The maximum absolute atomic E-state index is 10.5. The Morgan fingerprint density at radius 3 is 2.76 bits per heavy atom. The summed E-state index contributed by atoms with van der Waals surface area (Å²) in [5.41, 5.74) is 1.26. The fourth-order valence-corrected chi connectivity index (χ4v) is 2.47. The number of aryl methyl sites for hydroxylation is 1. The Kier molecular flexibility index (Phi) is 4.34. The minimum absolute atomic E-state index is 0.395. The van der Waals surface area contributed by atoms with Crippen LogP contribution < -0.4 is 0 Å². The summed E-state index contributed by atoms with van der Waals surface area (Å²) >= 11 is -1.63. The minimum Gasteiger partial charge on any atom is -0.347 e. The maximum atomic E-state index is 10.5. The molecule has 0 bridgehead atoms. The summed E-state index contributed by atoms with van der Waals surface area (Å²) in [6.45, 7) is 0.978. The molecule has 0 saturated carbocycles. The van der Waals surface area contributed by atoms with Gasteiger partial charge in [-0.25, -0.2) is 4.21 Å². The van der Waals surface area contributed by atoms with Crippen LogP contribution in [0.3, 0.4) is 0 Å². The molecule has 92 valence electrons. The van der Waals surface area contributed by atoms with Crippen LogP contribution in [0.25, 0.3) is 10.9 Å². The lowest BCUT2D eigenvalue weighted by molar-refractivity contribution is 0.554. The van der Waals surface area contributed by atoms with E-state index in [1.807, 2.05) is 12.1 Å². The van der Waals surface area contributed by atoms with Gasteiger partial charge >= 0.3 is 0 Å². The zero-order valence-electron chi connectivity index (χ0n) is 9.71. The Morgan fingerprint density at radius 1 is 1.12 bits per heavy atom. The van der Waals surface area contributed by atoms with Gasteiger partial charge in [-0.3, -0.25) is 0 Å². The molecule has 0 aliphatic rings. The number of fused-ring (bicyclic) bond motifs is 1. The first-order valence-electron chi connectivity index (χ1n) is 5.89. The molecule has 3 nitrogen and oxygen atoms in total. The van der Waals surface area contributed by atoms with Crippen molar-refractivity contribution in [2.75, 3.05) is 5.75 Å². The summed E-state index contributed by atoms with van der Waals surface area (Å²) in [6, 6.07) is 10.5. The molecule has 1 aromatic heterocycles. The molecular formula is C13H17NO2S. The molecule has 0 radical (unpaired) electrons. The molecule has 1 atom stereocenters. The SMILES string of the molecule is O=S(O)CCCCCn1ccc2ccccc21. The van der Waals surface area contributed by atoms with Gasteiger partial charge < -0.3 is 9.12 Å². The molecular weight excluding hydrogens is 234 g/mol. The second kappa shape index (κ2) is 5.98. The minimum atomic E-state index is -1.63. The summed E-state index contributed by atoms with van der Waals surface area (Å²) in [5, 5.41) is 1.27. The highest BCUT2D eigenvalue weighted by Crippen LogP contribution is 2.15. The van der Waals surface area contributed by atoms with Crippen molar-refractivity contribution in [3.63, 3.8) is 0 Å². The van der Waals surface area contributed by atoms with Crippen molar-refractivity contribution in [3.8, 4) is 0 Å². The molecule has 1 heterocycles. The van der Waals surface area contributed by atoms with E-state index >= 15 is 0 Å². The fourth-order valence-electron chi connectivity index (χ4n) is 2.02. The second-order valence-corrected chi connectivity index (χ2v) is 5.21. The molecule has 0 saturated heterocycles. The summed E-state index contributed by atoms with van der Waals surface area (Å²) in [5.74, 6) is 0.395. The summed E-state index contributed by atoms with van der Waals surface area (Å²) < 4.78 is 21.4. The molecule has 4 heteroatoms. The monoisotopic (exact) mass is 251 g/mol. The van der Waals surface area contributed by atoms with Crippen LogP contribution >= 0.6 is 0 Å². The Hall–Kier alpha value is -1.13. The van der Waals surface area contributed by atoms with E-state index in [9.17, 15) is 4.21 Å². The van der Waals surface area contributed by atoms with Crippen molar-refractivity contribution in [2.24, 2.45) is 0 Å². The Labute approximate surface area is 104 Å². The number of nitrogens with zero attached hydrogens (tertiary/aromatic N) is 1. The van der Waals surface area contributed by atoms with Crippen LogP contribution in [-0.2, 0) is 17.6 Å². The van der Waals surface area contributed by atoms with Gasteiger partial charge in [-0.2, -0.15) is 0 Å². The van der Waals surface area contributed by atoms with Crippen LogP contribution in [0.5, 0.6) is 0 Å². The number of benzene rings is 1. The molecule has 2 aromatic rings. The van der Waals surface area contributed by atoms with Gasteiger partial charge in [0.25, 0.3) is 0 Å². The maximum Gasteiger partial charge on any atom is 0.152 e. The van der Waals surface area contributed by atoms with E-state index in [0.717, 1.165) is 25.8 Å². The first-order valence-corrected chi connectivity index (χ1v) is 7.16. The number of hydrogen-bond donors (Lipinski definition) is 1. The smallest absolute Gasteiger partial charge is 0.152 e. The average Bonchev–Trinajstić information content (AvgIpc) is 2.72. The molecule has 0 aliphatic heterocycles. The predicted octanol–water partition coefficient (Wildman–Crippen LogP) is 3.03. The fraction of sp³-hybridized carbons (Fsp3) is 0.385. The molecule has 1 aromatic carbocycles. The Morgan fingerprint density at radius 2 is 1.94 bits per heavy atom. The van der Waals surface area contributed by atoms with Crippen molar-refractivity contribution < 1.29 is 8.76 Å². The van der Waals surface area contributed by atoms with Crippen LogP contribution in [0.1, 0.15) is 19.3 Å². The molecule has 17 heavy (non-hydrogen) atoms. The van der Waals surface area contributed by atoms with E-state index < -0.39 is 11.1 Å². The lowest BCUT2D eigenvalue weighted by Gasteiger charge is -2.04. The van der Waals surface area contributed by atoms with Crippen LogP contribution in [0.15, 0.2) is 36.5 Å². The zero-order valence-corrected chi connectivity index (χ0v) is 10.5. The second-order valence-electron chi connectivity index (χ2n) is 4.15. The van der Waals surface area contributed by atoms with Gasteiger partial charge in [0.05, 0.1) is 0 Å². The van der Waals surface area contributed by atoms with E-state index in [2.05, 4.69) is 29.0 Å². The quantitative estimate of drug-likeness (QED) is 0.633. The predicted molar refractivity (Wildman–Crippen MR) is 71.4 cm³/mol. The van der Waals surface area contributed by atoms with Gasteiger partial charge in [-0.15, -0.1) is 0 Å². The zero-order chi connectivity index (χ0) is 12.1. The van der Waals surface area contributed by atoms with Crippen molar-refractivity contribution >= 4 is 22.0 Å². The largest absolute Gasteiger partial charge is 0.347 e. The molecule has 1 unspecified atom stereocenters. The molecule has 0 spiro atoms. The first-order chi connectivity index (χ1) is 8.27. The lowest BCUT2D eigenvalue weighted by Crippen LogP contribution is -1.98. The number of aromatic nitrogens is 1. The number of para-hydroxylation sites is 1. The van der Waals surface area contributed by atoms with Gasteiger partial charge in [0.15, 0.2) is 11.1 Å². The molecule has 0 amide bonds. The summed E-state index contributed by atoms with van der Waals surface area (Å²) in [6.07, 6.45) is 4.98. The van der Waals surface area contributed by atoms with Gasteiger partial charge in [-0.1, -0.05) is 24.6 Å². The van der Waals surface area contributed by atoms with Crippen molar-refractivity contribution in [2.45, 2.75) is 25.8 Å². The van der Waals surface area contributed by atoms with Gasteiger partial charge in [0, 0.05) is 24.0 Å². The third kappa shape index (κ3) is 3.41. The van der Waals surface area contributed by atoms with Gasteiger partial charge in [0.2, 0.25) is 0 Å². The van der Waals surface area contributed by atoms with Crippen molar-refractivity contribution in [3.05, 3.63) is 36.5 Å². The van der Waals surface area contributed by atoms with Crippen LogP contribution in [-0.4, -0.2) is 19.1 Å². The summed E-state index contributed by atoms with van der Waals surface area (Å²) in [7, 11) is 0. The molecule has 0 fully saturated rings. The third-order valence-corrected chi connectivity index (χ3v) is 3.54. The third-order valence-electron chi connectivity index (χ3n) is 2.90. The topological polar surface area (TPSA) is 42.2 Å². The van der Waals surface area contributed by atoms with E-state index in [1.165, 1.54) is 10.9 Å². The van der Waals surface area contributed by atoms with Crippen LogP contribution in [0.4, 0.5) is 0 Å². The van der Waals surface area contributed by atoms with Crippen LogP contribution in [0.2, 0.25) is 0 Å². The van der Waals surface area contributed by atoms with Gasteiger partial charge in [0.1, 0.15) is 0 Å². The highest BCUT2D eigenvalue weighted by molar-refractivity contribution is 7.79. The highest BCUT2D eigenvalue weighted by atomic mass is 32.2. The van der Waals surface area contributed by atoms with Gasteiger partial charge in [-0.05, 0) is 30.4 Å². The van der Waals surface area contributed by atoms with Crippen molar-refractivity contribution in [1.82, 2.24) is 4.57 Å². The highest BCUT2D eigenvalue weighted by Gasteiger charge is 1.99. The summed E-state index contributed by atoms with van der Waals surface area (Å²) in [4.78, 5) is 0. The average molecular weight is 251 g/mol.